The SMILES string of the molecule is COc1ccc(S(=O)(=O)N(CC(=O)N(Cc2ccc(Br)cc2)[C@H](C)C(=O)NC2CCCC2)c2ccc(Cl)cc2)cc1OC. The standard InChI is InChI=1S/C31H35BrClN3O6S/c1-21(31(38)34-25-6-4-5-7-25)35(19-22-8-10-23(32)11-9-22)30(37)20-36(26-14-12-24(33)13-15-26)43(39,40)27-16-17-28(41-2)29(18-27)42-3/h8-18,21,25H,4-7,19-20H2,1-3H3,(H,34,38)/t21-/m1/s1. The molecule has 12 heteroatoms. The maximum absolute atomic E-state index is 14.1. The minimum absolute atomic E-state index is 0.0654. The van der Waals surface area contributed by atoms with Crippen molar-refractivity contribution in [2.45, 2.75) is 56.1 Å². The third-order valence-corrected chi connectivity index (χ3v) is 10.0. The molecule has 0 spiro atoms. The number of sulfonamides is 1. The molecule has 1 aliphatic carbocycles. The lowest BCUT2D eigenvalue weighted by Crippen LogP contribution is -2.52. The predicted molar refractivity (Wildman–Crippen MR) is 170 cm³/mol. The van der Waals surface area contributed by atoms with Crippen molar-refractivity contribution in [3.8, 4) is 11.5 Å². The van der Waals surface area contributed by atoms with E-state index in [2.05, 4.69) is 21.2 Å². The van der Waals surface area contributed by atoms with Crippen molar-refractivity contribution < 1.29 is 27.5 Å². The van der Waals surface area contributed by atoms with Crippen LogP contribution in [0.25, 0.3) is 0 Å². The zero-order valence-electron chi connectivity index (χ0n) is 24.3. The monoisotopic (exact) mass is 691 g/mol. The number of nitrogens with zero attached hydrogens (tertiary/aromatic N) is 2. The number of anilines is 1. The van der Waals surface area contributed by atoms with E-state index >= 15 is 0 Å². The summed E-state index contributed by atoms with van der Waals surface area (Å²) in [5.41, 5.74) is 1.03. The molecule has 0 aromatic heterocycles. The molecule has 4 rings (SSSR count). The highest BCUT2D eigenvalue weighted by atomic mass is 79.9. The number of amides is 2. The maximum Gasteiger partial charge on any atom is 0.264 e. The van der Waals surface area contributed by atoms with Gasteiger partial charge in [-0.3, -0.25) is 13.9 Å². The van der Waals surface area contributed by atoms with Crippen molar-refractivity contribution in [1.29, 1.82) is 0 Å². The van der Waals surface area contributed by atoms with Crippen molar-refractivity contribution in [2.75, 3.05) is 25.1 Å². The van der Waals surface area contributed by atoms with E-state index in [1.54, 1.807) is 19.1 Å². The number of hydrogen-bond acceptors (Lipinski definition) is 6. The summed E-state index contributed by atoms with van der Waals surface area (Å²) in [4.78, 5) is 28.8. The Morgan fingerprint density at radius 1 is 0.977 bits per heavy atom. The Kier molecular flexibility index (Phi) is 11.0. The summed E-state index contributed by atoms with van der Waals surface area (Å²) in [6.45, 7) is 1.21. The van der Waals surface area contributed by atoms with Crippen molar-refractivity contribution in [3.63, 3.8) is 0 Å². The summed E-state index contributed by atoms with van der Waals surface area (Å²) in [6, 6.07) is 17.0. The number of halogens is 2. The summed E-state index contributed by atoms with van der Waals surface area (Å²) in [5.74, 6) is -0.243. The summed E-state index contributed by atoms with van der Waals surface area (Å²) in [5, 5.41) is 3.48. The van der Waals surface area contributed by atoms with Gasteiger partial charge >= 0.3 is 0 Å². The van der Waals surface area contributed by atoms with E-state index in [0.717, 1.165) is 40.0 Å². The first-order chi connectivity index (χ1) is 20.5. The minimum atomic E-state index is -4.30. The van der Waals surface area contributed by atoms with Gasteiger partial charge in [0, 0.05) is 28.1 Å². The van der Waals surface area contributed by atoms with Gasteiger partial charge in [-0.05, 0) is 73.9 Å². The molecule has 3 aromatic carbocycles. The van der Waals surface area contributed by atoms with Crippen molar-refractivity contribution in [1.82, 2.24) is 10.2 Å². The lowest BCUT2D eigenvalue weighted by atomic mass is 10.1. The molecule has 3 aromatic rings. The van der Waals surface area contributed by atoms with Crippen LogP contribution in [0.2, 0.25) is 5.02 Å². The largest absolute Gasteiger partial charge is 0.493 e. The van der Waals surface area contributed by atoms with Crippen LogP contribution in [0.15, 0.2) is 76.1 Å². The van der Waals surface area contributed by atoms with Gasteiger partial charge in [-0.2, -0.15) is 0 Å². The Bertz CT molecular complexity index is 1530. The Morgan fingerprint density at radius 3 is 2.21 bits per heavy atom. The van der Waals surface area contributed by atoms with Crippen molar-refractivity contribution >= 4 is 55.1 Å². The number of methoxy groups -OCH3 is 2. The zero-order chi connectivity index (χ0) is 31.1. The fourth-order valence-electron chi connectivity index (χ4n) is 5.00. The van der Waals surface area contributed by atoms with E-state index < -0.39 is 28.5 Å². The van der Waals surface area contributed by atoms with E-state index in [0.29, 0.717) is 10.8 Å². The van der Waals surface area contributed by atoms with Crippen LogP contribution in [0, 0.1) is 0 Å². The highest BCUT2D eigenvalue weighted by molar-refractivity contribution is 9.10. The Labute approximate surface area is 266 Å². The highest BCUT2D eigenvalue weighted by Gasteiger charge is 2.33. The van der Waals surface area contributed by atoms with Gasteiger partial charge in [-0.1, -0.05) is 52.5 Å². The number of ether oxygens (including phenoxy) is 2. The second-order valence-corrected chi connectivity index (χ2v) is 13.5. The molecule has 0 aliphatic heterocycles. The number of rotatable bonds is 12. The van der Waals surface area contributed by atoms with Gasteiger partial charge in [-0.15, -0.1) is 0 Å². The summed E-state index contributed by atoms with van der Waals surface area (Å²) in [7, 11) is -1.43. The molecule has 43 heavy (non-hydrogen) atoms. The van der Waals surface area contributed by atoms with Crippen LogP contribution in [-0.2, 0) is 26.2 Å². The highest BCUT2D eigenvalue weighted by Crippen LogP contribution is 2.33. The fraction of sp³-hybridized carbons (Fsp3) is 0.355. The predicted octanol–water partition coefficient (Wildman–Crippen LogP) is 5.79. The van der Waals surface area contributed by atoms with Crippen LogP contribution in [0.5, 0.6) is 11.5 Å². The molecule has 0 bridgehead atoms. The van der Waals surface area contributed by atoms with Crippen LogP contribution in [0.4, 0.5) is 5.69 Å². The Morgan fingerprint density at radius 2 is 1.60 bits per heavy atom. The molecule has 230 valence electrons. The van der Waals surface area contributed by atoms with Crippen molar-refractivity contribution in [2.24, 2.45) is 0 Å². The lowest BCUT2D eigenvalue weighted by molar-refractivity contribution is -0.139. The molecule has 0 heterocycles. The normalized spacial score (nSPS) is 14.2. The minimum Gasteiger partial charge on any atom is -0.493 e. The number of benzene rings is 3. The third-order valence-electron chi connectivity index (χ3n) is 7.47. The van der Waals surface area contributed by atoms with Crippen LogP contribution in [0.1, 0.15) is 38.2 Å². The molecule has 9 nitrogen and oxygen atoms in total. The molecule has 1 saturated carbocycles. The van der Waals surface area contributed by atoms with Gasteiger partial charge in [0.2, 0.25) is 11.8 Å². The molecule has 0 saturated heterocycles. The Hall–Kier alpha value is -3.28. The average molecular weight is 693 g/mol. The smallest absolute Gasteiger partial charge is 0.264 e. The Balaban J connectivity index is 1.71. The zero-order valence-corrected chi connectivity index (χ0v) is 27.4. The number of nitrogens with one attached hydrogen (secondary N) is 1. The number of carbonyl (C=O) groups is 2. The second kappa shape index (κ2) is 14.5. The van der Waals surface area contributed by atoms with E-state index in [1.165, 1.54) is 49.5 Å². The van der Waals surface area contributed by atoms with Crippen molar-refractivity contribution in [3.05, 3.63) is 81.8 Å². The summed E-state index contributed by atoms with van der Waals surface area (Å²) >= 11 is 9.53. The molecule has 1 N–H and O–H groups in total. The van der Waals surface area contributed by atoms with Crippen LogP contribution in [0.3, 0.4) is 0 Å². The molecule has 0 radical (unpaired) electrons. The number of hydrogen-bond donors (Lipinski definition) is 1. The molecule has 2 amide bonds. The second-order valence-electron chi connectivity index (χ2n) is 10.3. The van der Waals surface area contributed by atoms with E-state index in [4.69, 9.17) is 21.1 Å². The van der Waals surface area contributed by atoms with Gasteiger partial charge < -0.3 is 19.7 Å². The quantitative estimate of drug-likeness (QED) is 0.258. The average Bonchev–Trinajstić information content (AvgIpc) is 3.52. The summed E-state index contributed by atoms with van der Waals surface area (Å²) in [6.07, 6.45) is 3.88. The van der Waals surface area contributed by atoms with Gasteiger partial charge in [0.25, 0.3) is 10.0 Å². The first-order valence-electron chi connectivity index (χ1n) is 13.9. The van der Waals surface area contributed by atoms with E-state index in [-0.39, 0.29) is 34.8 Å². The topological polar surface area (TPSA) is 105 Å². The maximum atomic E-state index is 14.1. The molecule has 0 unspecified atom stereocenters. The molecular formula is C31H35BrClN3O6S. The van der Waals surface area contributed by atoms with Gasteiger partial charge in [0.1, 0.15) is 12.6 Å². The molecular weight excluding hydrogens is 658 g/mol. The van der Waals surface area contributed by atoms with Gasteiger partial charge in [0.05, 0.1) is 24.8 Å². The molecule has 1 fully saturated rings. The fourth-order valence-corrected chi connectivity index (χ4v) is 6.82. The van der Waals surface area contributed by atoms with E-state index in [1.807, 2.05) is 24.3 Å². The molecule has 1 aliphatic rings. The third kappa shape index (κ3) is 8.01. The number of carbonyl (C=O) groups excluding carboxylic acids is 2. The van der Waals surface area contributed by atoms with Gasteiger partial charge in [0.15, 0.2) is 11.5 Å². The lowest BCUT2D eigenvalue weighted by Gasteiger charge is -2.32. The van der Waals surface area contributed by atoms with Gasteiger partial charge in [-0.25, -0.2) is 8.42 Å². The van der Waals surface area contributed by atoms with Crippen LogP contribution < -0.4 is 19.1 Å². The summed E-state index contributed by atoms with van der Waals surface area (Å²) < 4.78 is 40.7. The van der Waals surface area contributed by atoms with Crippen LogP contribution in [-0.4, -0.2) is 58.0 Å². The first kappa shape index (κ1) is 32.6. The van der Waals surface area contributed by atoms with Crippen LogP contribution >= 0.6 is 27.5 Å². The van der Waals surface area contributed by atoms with E-state index in [9.17, 15) is 18.0 Å². The molecule has 1 atom stereocenters. The first-order valence-corrected chi connectivity index (χ1v) is 16.5.